The van der Waals surface area contributed by atoms with E-state index >= 15 is 0 Å². The Bertz CT molecular complexity index is 1180. The number of carbonyl (C=O) groups is 2. The van der Waals surface area contributed by atoms with Crippen LogP contribution in [0.3, 0.4) is 0 Å². The van der Waals surface area contributed by atoms with Crippen LogP contribution in [-0.2, 0) is 21.5 Å². The smallest absolute Gasteiger partial charge is 0.278 e. The highest BCUT2D eigenvalue weighted by molar-refractivity contribution is 6.36. The van der Waals surface area contributed by atoms with E-state index in [-0.39, 0.29) is 23.2 Å². The van der Waals surface area contributed by atoms with Gasteiger partial charge in [-0.25, -0.2) is 4.39 Å². The monoisotopic (exact) mass is 429 g/mol. The number of benzene rings is 2. The van der Waals surface area contributed by atoms with Gasteiger partial charge >= 0.3 is 0 Å². The maximum Gasteiger partial charge on any atom is 0.278 e. The molecule has 1 aliphatic heterocycles. The minimum atomic E-state index is -0.445. The molecule has 162 valence electrons. The van der Waals surface area contributed by atoms with Crippen LogP contribution in [0.15, 0.2) is 78.6 Å². The quantitative estimate of drug-likeness (QED) is 0.586. The van der Waals surface area contributed by atoms with Crippen LogP contribution >= 0.6 is 0 Å². The highest BCUT2D eigenvalue weighted by atomic mass is 19.1. The molecule has 2 heterocycles. The number of pyridine rings is 1. The van der Waals surface area contributed by atoms with Gasteiger partial charge in [-0.2, -0.15) is 0 Å². The van der Waals surface area contributed by atoms with Crippen molar-refractivity contribution in [2.45, 2.75) is 32.7 Å². The van der Waals surface area contributed by atoms with Crippen molar-refractivity contribution in [3.05, 3.63) is 101 Å². The second-order valence-electron chi connectivity index (χ2n) is 8.73. The highest BCUT2D eigenvalue weighted by Crippen LogP contribution is 2.32. The minimum Gasteiger partial charge on any atom is -0.350 e. The van der Waals surface area contributed by atoms with Crippen LogP contribution in [0.2, 0.25) is 0 Å². The number of nitrogens with one attached hydrogen (secondary N) is 1. The molecule has 3 aromatic rings. The fourth-order valence-electron chi connectivity index (χ4n) is 3.57. The molecule has 0 fully saturated rings. The summed E-state index contributed by atoms with van der Waals surface area (Å²) < 4.78 is 13.5. The molecule has 0 saturated carbocycles. The number of carbonyl (C=O) groups excluding carboxylic acids is 2. The van der Waals surface area contributed by atoms with Crippen molar-refractivity contribution < 1.29 is 14.0 Å². The second-order valence-corrected chi connectivity index (χ2v) is 8.73. The lowest BCUT2D eigenvalue weighted by atomic mass is 9.87. The van der Waals surface area contributed by atoms with Gasteiger partial charge < -0.3 is 5.32 Å². The lowest BCUT2D eigenvalue weighted by Crippen LogP contribution is -2.32. The maximum atomic E-state index is 13.5. The van der Waals surface area contributed by atoms with Crippen molar-refractivity contribution in [2.24, 2.45) is 0 Å². The van der Waals surface area contributed by atoms with Gasteiger partial charge in [-0.05, 0) is 52.9 Å². The van der Waals surface area contributed by atoms with Crippen molar-refractivity contribution in [2.75, 3.05) is 5.32 Å². The molecule has 0 aliphatic carbocycles. The third kappa shape index (κ3) is 4.30. The van der Waals surface area contributed by atoms with E-state index in [1.807, 2.05) is 24.3 Å². The Morgan fingerprint density at radius 3 is 2.19 bits per heavy atom. The van der Waals surface area contributed by atoms with Crippen LogP contribution in [0.25, 0.3) is 5.57 Å². The van der Waals surface area contributed by atoms with Crippen LogP contribution < -0.4 is 5.32 Å². The lowest BCUT2D eigenvalue weighted by Gasteiger charge is -2.19. The van der Waals surface area contributed by atoms with Gasteiger partial charge in [-0.15, -0.1) is 0 Å². The van der Waals surface area contributed by atoms with Gasteiger partial charge in [0.15, 0.2) is 0 Å². The van der Waals surface area contributed by atoms with E-state index < -0.39 is 17.6 Å². The Labute approximate surface area is 186 Å². The first-order chi connectivity index (χ1) is 15.2. The molecule has 1 N–H and O–H groups in total. The number of hydrogen-bond acceptors (Lipinski definition) is 4. The molecule has 0 atom stereocenters. The van der Waals surface area contributed by atoms with Gasteiger partial charge in [-0.3, -0.25) is 19.5 Å². The third-order valence-corrected chi connectivity index (χ3v) is 5.37. The molecule has 0 unspecified atom stereocenters. The first kappa shape index (κ1) is 21.4. The number of halogens is 1. The number of rotatable bonds is 5. The molecule has 6 heteroatoms. The van der Waals surface area contributed by atoms with E-state index in [0.717, 1.165) is 10.5 Å². The minimum absolute atomic E-state index is 0.00427. The van der Waals surface area contributed by atoms with Gasteiger partial charge in [0.1, 0.15) is 11.5 Å². The number of anilines is 1. The number of hydrogen-bond donors (Lipinski definition) is 1. The number of imide groups is 1. The van der Waals surface area contributed by atoms with Crippen LogP contribution in [0.5, 0.6) is 0 Å². The predicted molar refractivity (Wildman–Crippen MR) is 122 cm³/mol. The zero-order chi connectivity index (χ0) is 22.9. The topological polar surface area (TPSA) is 62.3 Å². The molecule has 4 rings (SSSR count). The standard InChI is InChI=1S/C26H24FN3O2/c1-26(2,3)18-9-13-20(14-10-18)29-23-22(17-7-11-19(27)12-8-17)24(31)30(25(23)32)16-21-6-4-5-15-28-21/h4-15,29H,16H2,1-3H3. The molecule has 0 bridgehead atoms. The summed E-state index contributed by atoms with van der Waals surface area (Å²) in [6, 6.07) is 18.6. The van der Waals surface area contributed by atoms with Crippen molar-refractivity contribution in [3.8, 4) is 0 Å². The van der Waals surface area contributed by atoms with E-state index in [9.17, 15) is 14.0 Å². The number of amides is 2. The highest BCUT2D eigenvalue weighted by Gasteiger charge is 2.39. The van der Waals surface area contributed by atoms with E-state index in [1.165, 1.54) is 24.3 Å². The fraction of sp³-hybridized carbons (Fsp3) is 0.192. The number of nitrogens with zero attached hydrogens (tertiary/aromatic N) is 2. The normalized spacial score (nSPS) is 14.3. The summed E-state index contributed by atoms with van der Waals surface area (Å²) in [6.45, 7) is 6.43. The summed E-state index contributed by atoms with van der Waals surface area (Å²) in [5, 5.41) is 3.13. The summed E-state index contributed by atoms with van der Waals surface area (Å²) in [5.74, 6) is -1.30. The van der Waals surface area contributed by atoms with Crippen LogP contribution in [-0.4, -0.2) is 21.7 Å². The molecule has 0 saturated heterocycles. The maximum absolute atomic E-state index is 13.5. The number of aromatic nitrogens is 1. The van der Waals surface area contributed by atoms with Gasteiger partial charge in [-0.1, -0.05) is 51.1 Å². The molecule has 1 aliphatic rings. The third-order valence-electron chi connectivity index (χ3n) is 5.37. The van der Waals surface area contributed by atoms with Gasteiger partial charge in [0.25, 0.3) is 11.8 Å². The average Bonchev–Trinajstić information content (AvgIpc) is 2.99. The summed E-state index contributed by atoms with van der Waals surface area (Å²) in [5.41, 5.74) is 3.29. The lowest BCUT2D eigenvalue weighted by molar-refractivity contribution is -0.137. The Kier molecular flexibility index (Phi) is 5.61. The molecule has 2 amide bonds. The van der Waals surface area contributed by atoms with Gasteiger partial charge in [0.2, 0.25) is 0 Å². The Morgan fingerprint density at radius 1 is 0.906 bits per heavy atom. The van der Waals surface area contributed by atoms with E-state index in [1.54, 1.807) is 24.4 Å². The Morgan fingerprint density at radius 2 is 1.59 bits per heavy atom. The van der Waals surface area contributed by atoms with E-state index in [0.29, 0.717) is 16.9 Å². The van der Waals surface area contributed by atoms with E-state index in [2.05, 4.69) is 31.1 Å². The summed E-state index contributed by atoms with van der Waals surface area (Å²) in [6.07, 6.45) is 1.62. The van der Waals surface area contributed by atoms with Crippen molar-refractivity contribution in [3.63, 3.8) is 0 Å². The van der Waals surface area contributed by atoms with Crippen molar-refractivity contribution >= 4 is 23.1 Å². The largest absolute Gasteiger partial charge is 0.350 e. The molecule has 0 radical (unpaired) electrons. The Balaban J connectivity index is 1.71. The SMILES string of the molecule is CC(C)(C)c1ccc(NC2=C(c3ccc(F)cc3)C(=O)N(Cc3ccccn3)C2=O)cc1. The van der Waals surface area contributed by atoms with Crippen molar-refractivity contribution in [1.82, 2.24) is 9.88 Å². The second kappa shape index (κ2) is 8.38. The van der Waals surface area contributed by atoms with E-state index in [4.69, 9.17) is 0 Å². The zero-order valence-electron chi connectivity index (χ0n) is 18.2. The van der Waals surface area contributed by atoms with Gasteiger partial charge in [0, 0.05) is 11.9 Å². The molecule has 0 spiro atoms. The average molecular weight is 429 g/mol. The molecular formula is C26H24FN3O2. The van der Waals surface area contributed by atoms with Gasteiger partial charge in [0.05, 0.1) is 17.8 Å². The van der Waals surface area contributed by atoms with Crippen LogP contribution in [0.4, 0.5) is 10.1 Å². The van der Waals surface area contributed by atoms with Crippen LogP contribution in [0, 0.1) is 5.82 Å². The Hall–Kier alpha value is -3.80. The summed E-state index contributed by atoms with van der Waals surface area (Å²) in [4.78, 5) is 31.9. The molecule has 32 heavy (non-hydrogen) atoms. The molecule has 1 aromatic heterocycles. The fourth-order valence-corrected chi connectivity index (χ4v) is 3.57. The first-order valence-corrected chi connectivity index (χ1v) is 10.4. The zero-order valence-corrected chi connectivity index (χ0v) is 18.2. The summed E-state index contributed by atoms with van der Waals surface area (Å²) >= 11 is 0. The van der Waals surface area contributed by atoms with Crippen molar-refractivity contribution in [1.29, 1.82) is 0 Å². The molecule has 5 nitrogen and oxygen atoms in total. The first-order valence-electron chi connectivity index (χ1n) is 10.4. The molecule has 2 aromatic carbocycles. The predicted octanol–water partition coefficient (Wildman–Crippen LogP) is 4.91. The molecular weight excluding hydrogens is 405 g/mol. The summed E-state index contributed by atoms with van der Waals surface area (Å²) in [7, 11) is 0. The van der Waals surface area contributed by atoms with Crippen LogP contribution in [0.1, 0.15) is 37.6 Å².